The third kappa shape index (κ3) is 2.55. The molecule has 0 radical (unpaired) electrons. The van der Waals surface area contributed by atoms with Crippen molar-refractivity contribution in [1.29, 1.82) is 0 Å². The number of anilines is 1. The van der Waals surface area contributed by atoms with Crippen molar-refractivity contribution in [2.45, 2.75) is 19.9 Å². The highest BCUT2D eigenvalue weighted by molar-refractivity contribution is 9.10. The molecule has 2 rings (SSSR count). The highest BCUT2D eigenvalue weighted by Gasteiger charge is 2.21. The van der Waals surface area contributed by atoms with Crippen LogP contribution >= 0.6 is 15.9 Å². The molecule has 1 aliphatic heterocycles. The standard InChI is InChI=1S/C12H18BrN3/c1-9-3-4-16(8-9)12-10(6-14-2)5-11(13)7-15-12/h5,7,9,14H,3-4,6,8H2,1-2H3. The van der Waals surface area contributed by atoms with Crippen molar-refractivity contribution in [2.75, 3.05) is 25.0 Å². The number of nitrogens with zero attached hydrogens (tertiary/aromatic N) is 2. The summed E-state index contributed by atoms with van der Waals surface area (Å²) in [4.78, 5) is 6.94. The summed E-state index contributed by atoms with van der Waals surface area (Å²) in [5.41, 5.74) is 1.27. The fourth-order valence-electron chi connectivity index (χ4n) is 2.21. The highest BCUT2D eigenvalue weighted by Crippen LogP contribution is 2.26. The van der Waals surface area contributed by atoms with Gasteiger partial charge in [-0.2, -0.15) is 0 Å². The molecule has 1 aromatic rings. The van der Waals surface area contributed by atoms with E-state index in [2.05, 4.69) is 44.1 Å². The van der Waals surface area contributed by atoms with E-state index >= 15 is 0 Å². The molecule has 16 heavy (non-hydrogen) atoms. The van der Waals surface area contributed by atoms with Gasteiger partial charge in [-0.05, 0) is 41.4 Å². The van der Waals surface area contributed by atoms with E-state index in [9.17, 15) is 0 Å². The molecule has 1 saturated heterocycles. The zero-order valence-electron chi connectivity index (χ0n) is 9.83. The molecule has 1 aromatic heterocycles. The minimum atomic E-state index is 0.785. The first-order chi connectivity index (χ1) is 7.70. The maximum atomic E-state index is 4.55. The minimum Gasteiger partial charge on any atom is -0.356 e. The van der Waals surface area contributed by atoms with Gasteiger partial charge in [0.2, 0.25) is 0 Å². The Balaban J connectivity index is 2.25. The fraction of sp³-hybridized carbons (Fsp3) is 0.583. The molecule has 0 saturated carbocycles. The third-order valence-electron chi connectivity index (χ3n) is 3.00. The first kappa shape index (κ1) is 11.9. The van der Waals surface area contributed by atoms with Gasteiger partial charge >= 0.3 is 0 Å². The Morgan fingerprint density at radius 2 is 2.44 bits per heavy atom. The number of rotatable bonds is 3. The van der Waals surface area contributed by atoms with Gasteiger partial charge in [0.25, 0.3) is 0 Å². The summed E-state index contributed by atoms with van der Waals surface area (Å²) < 4.78 is 1.05. The Hall–Kier alpha value is -0.610. The molecule has 0 aliphatic carbocycles. The van der Waals surface area contributed by atoms with Crippen LogP contribution in [0.4, 0.5) is 5.82 Å². The smallest absolute Gasteiger partial charge is 0.133 e. The molecule has 88 valence electrons. The summed E-state index contributed by atoms with van der Waals surface area (Å²) in [6, 6.07) is 2.15. The van der Waals surface area contributed by atoms with Crippen molar-refractivity contribution >= 4 is 21.7 Å². The Labute approximate surface area is 105 Å². The van der Waals surface area contributed by atoms with Crippen molar-refractivity contribution in [3.8, 4) is 0 Å². The van der Waals surface area contributed by atoms with Crippen molar-refractivity contribution in [1.82, 2.24) is 10.3 Å². The van der Waals surface area contributed by atoms with Crippen LogP contribution in [0.2, 0.25) is 0 Å². The summed E-state index contributed by atoms with van der Waals surface area (Å²) in [7, 11) is 1.97. The normalized spacial score (nSPS) is 20.4. The first-order valence-corrected chi connectivity index (χ1v) is 6.54. The molecule has 1 N–H and O–H groups in total. The topological polar surface area (TPSA) is 28.2 Å². The van der Waals surface area contributed by atoms with Crippen molar-refractivity contribution in [3.05, 3.63) is 22.3 Å². The lowest BCUT2D eigenvalue weighted by Crippen LogP contribution is -2.23. The lowest BCUT2D eigenvalue weighted by atomic mass is 10.2. The Morgan fingerprint density at radius 3 is 3.06 bits per heavy atom. The number of pyridine rings is 1. The molecule has 0 bridgehead atoms. The fourth-order valence-corrected chi connectivity index (χ4v) is 2.59. The van der Waals surface area contributed by atoms with Crippen LogP contribution in [0.3, 0.4) is 0 Å². The first-order valence-electron chi connectivity index (χ1n) is 5.74. The lowest BCUT2D eigenvalue weighted by molar-refractivity contribution is 0.658. The number of halogens is 1. The molecule has 0 spiro atoms. The van der Waals surface area contributed by atoms with Crippen LogP contribution in [0, 0.1) is 5.92 Å². The molecule has 1 fully saturated rings. The van der Waals surface area contributed by atoms with Gasteiger partial charge in [-0.1, -0.05) is 6.92 Å². The summed E-state index contributed by atoms with van der Waals surface area (Å²) in [6.45, 7) is 5.43. The summed E-state index contributed by atoms with van der Waals surface area (Å²) >= 11 is 3.48. The molecule has 1 unspecified atom stereocenters. The second kappa shape index (κ2) is 5.15. The van der Waals surface area contributed by atoms with E-state index in [4.69, 9.17) is 0 Å². The van der Waals surface area contributed by atoms with Gasteiger partial charge in [-0.3, -0.25) is 0 Å². The molecule has 2 heterocycles. The van der Waals surface area contributed by atoms with Gasteiger partial charge in [0, 0.05) is 35.9 Å². The number of nitrogens with one attached hydrogen (secondary N) is 1. The van der Waals surface area contributed by atoms with Gasteiger partial charge in [0.1, 0.15) is 5.82 Å². The quantitative estimate of drug-likeness (QED) is 0.924. The lowest BCUT2D eigenvalue weighted by Gasteiger charge is -2.20. The van der Waals surface area contributed by atoms with Gasteiger partial charge in [0.05, 0.1) is 0 Å². The van der Waals surface area contributed by atoms with E-state index in [-0.39, 0.29) is 0 Å². The molecule has 1 aliphatic rings. The van der Waals surface area contributed by atoms with Gasteiger partial charge in [0.15, 0.2) is 0 Å². The molecule has 3 nitrogen and oxygen atoms in total. The van der Waals surface area contributed by atoms with Crippen LogP contribution < -0.4 is 10.2 Å². The van der Waals surface area contributed by atoms with Crippen LogP contribution in [0.1, 0.15) is 18.9 Å². The highest BCUT2D eigenvalue weighted by atomic mass is 79.9. The average Bonchev–Trinajstić information content (AvgIpc) is 2.65. The predicted octanol–water partition coefficient (Wildman–Crippen LogP) is 2.41. The van der Waals surface area contributed by atoms with Crippen LogP contribution in [-0.4, -0.2) is 25.1 Å². The van der Waals surface area contributed by atoms with E-state index in [0.29, 0.717) is 0 Å². The Kier molecular flexibility index (Phi) is 3.82. The SMILES string of the molecule is CNCc1cc(Br)cnc1N1CCC(C)C1. The molecule has 0 amide bonds. The van der Waals surface area contributed by atoms with Crippen molar-refractivity contribution in [3.63, 3.8) is 0 Å². The van der Waals surface area contributed by atoms with E-state index in [1.54, 1.807) is 0 Å². The maximum absolute atomic E-state index is 4.55. The minimum absolute atomic E-state index is 0.785. The molecule has 0 aromatic carbocycles. The van der Waals surface area contributed by atoms with E-state index < -0.39 is 0 Å². The number of hydrogen-bond acceptors (Lipinski definition) is 3. The van der Waals surface area contributed by atoms with Crippen LogP contribution in [0.15, 0.2) is 16.7 Å². The van der Waals surface area contributed by atoms with E-state index in [1.807, 2.05) is 13.2 Å². The third-order valence-corrected chi connectivity index (χ3v) is 3.43. The van der Waals surface area contributed by atoms with Crippen LogP contribution in [0.5, 0.6) is 0 Å². The van der Waals surface area contributed by atoms with Gasteiger partial charge in [-0.25, -0.2) is 4.98 Å². The second-order valence-electron chi connectivity index (χ2n) is 4.51. The Morgan fingerprint density at radius 1 is 1.62 bits per heavy atom. The maximum Gasteiger partial charge on any atom is 0.133 e. The Bertz CT molecular complexity index is 367. The van der Waals surface area contributed by atoms with Crippen molar-refractivity contribution in [2.24, 2.45) is 5.92 Å². The van der Waals surface area contributed by atoms with Crippen molar-refractivity contribution < 1.29 is 0 Å². The number of hydrogen-bond donors (Lipinski definition) is 1. The molecule has 1 atom stereocenters. The molecule has 4 heteroatoms. The largest absolute Gasteiger partial charge is 0.356 e. The van der Waals surface area contributed by atoms with E-state index in [1.165, 1.54) is 12.0 Å². The number of aromatic nitrogens is 1. The molecular weight excluding hydrogens is 266 g/mol. The average molecular weight is 284 g/mol. The van der Waals surface area contributed by atoms with Crippen LogP contribution in [-0.2, 0) is 6.54 Å². The molecular formula is C12H18BrN3. The monoisotopic (exact) mass is 283 g/mol. The second-order valence-corrected chi connectivity index (χ2v) is 5.42. The summed E-state index contributed by atoms with van der Waals surface area (Å²) in [5.74, 6) is 1.93. The zero-order chi connectivity index (χ0) is 11.5. The van der Waals surface area contributed by atoms with Gasteiger partial charge < -0.3 is 10.2 Å². The zero-order valence-corrected chi connectivity index (χ0v) is 11.4. The summed E-state index contributed by atoms with van der Waals surface area (Å²) in [6.07, 6.45) is 3.16. The summed E-state index contributed by atoms with van der Waals surface area (Å²) in [5, 5.41) is 3.20. The van der Waals surface area contributed by atoms with E-state index in [0.717, 1.165) is 35.8 Å². The van der Waals surface area contributed by atoms with Crippen LogP contribution in [0.25, 0.3) is 0 Å². The van der Waals surface area contributed by atoms with Gasteiger partial charge in [-0.15, -0.1) is 0 Å². The predicted molar refractivity (Wildman–Crippen MR) is 70.7 cm³/mol.